The number of fused-ring (bicyclic) bond motifs is 8. The number of aromatic nitrogens is 4. The van der Waals surface area contributed by atoms with Gasteiger partial charge in [-0.2, -0.15) is 0 Å². The second-order valence-corrected chi connectivity index (χ2v) is 14.8. The summed E-state index contributed by atoms with van der Waals surface area (Å²) in [6, 6.07) is 57.4. The number of aromatic amines is 2. The fraction of sp³-hybridized carbons (Fsp3) is 0.0377. The van der Waals surface area contributed by atoms with Crippen LogP contribution >= 0.6 is 0 Å². The highest BCUT2D eigenvalue weighted by molar-refractivity contribution is 6.00. The lowest BCUT2D eigenvalue weighted by Gasteiger charge is -2.14. The van der Waals surface area contributed by atoms with Crippen molar-refractivity contribution in [2.75, 3.05) is 0 Å². The normalized spacial score (nSPS) is 12.4. The van der Waals surface area contributed by atoms with Gasteiger partial charge in [0.15, 0.2) is 0 Å². The van der Waals surface area contributed by atoms with Crippen LogP contribution < -0.4 is 5.32 Å². The van der Waals surface area contributed by atoms with E-state index in [1.54, 1.807) is 0 Å². The van der Waals surface area contributed by atoms with Crippen LogP contribution in [-0.4, -0.2) is 25.8 Å². The topological polar surface area (TPSA) is 86.5 Å². The minimum absolute atomic E-state index is 0.129. The van der Waals surface area contributed by atoms with Crippen molar-refractivity contribution in [3.8, 4) is 44.5 Å². The zero-order valence-electron chi connectivity index (χ0n) is 32.4. The molecule has 59 heavy (non-hydrogen) atoms. The molecule has 1 atom stereocenters. The molecule has 8 bridgehead atoms. The van der Waals surface area contributed by atoms with Crippen LogP contribution in [0.2, 0.25) is 0 Å². The second-order valence-electron chi connectivity index (χ2n) is 14.8. The van der Waals surface area contributed by atoms with Gasteiger partial charge >= 0.3 is 0 Å². The highest BCUT2D eigenvalue weighted by atomic mass is 16.1. The highest BCUT2D eigenvalue weighted by Gasteiger charge is 2.19. The quantitative estimate of drug-likeness (QED) is 0.151. The molecule has 2 aliphatic rings. The third kappa shape index (κ3) is 6.87. The lowest BCUT2D eigenvalue weighted by molar-refractivity contribution is 0.0940. The molecule has 0 radical (unpaired) electrons. The molecular weight excluding hydrogens is 723 g/mol. The summed E-state index contributed by atoms with van der Waals surface area (Å²) in [6.45, 7) is 2.00. The average Bonchev–Trinajstić information content (AvgIpc) is 4.14. The molecule has 8 aromatic rings. The number of carbonyl (C=O) groups excluding carboxylic acids is 1. The Morgan fingerprint density at radius 2 is 0.746 bits per heavy atom. The Labute approximate surface area is 342 Å². The first-order valence-corrected chi connectivity index (χ1v) is 19.9. The number of hydrogen-bond donors (Lipinski definition) is 3. The molecule has 0 spiro atoms. The van der Waals surface area contributed by atoms with E-state index in [4.69, 9.17) is 9.97 Å². The van der Waals surface area contributed by atoms with Crippen LogP contribution in [0.15, 0.2) is 170 Å². The Balaban J connectivity index is 1.24. The minimum Gasteiger partial charge on any atom is -0.354 e. The zero-order chi connectivity index (χ0) is 39.7. The van der Waals surface area contributed by atoms with Crippen molar-refractivity contribution in [1.82, 2.24) is 25.3 Å². The first kappa shape index (κ1) is 35.6. The van der Waals surface area contributed by atoms with Crippen LogP contribution in [0.1, 0.15) is 51.7 Å². The molecule has 1 amide bonds. The van der Waals surface area contributed by atoms with E-state index >= 15 is 0 Å². The smallest absolute Gasteiger partial charge is 0.251 e. The molecular formula is C53H39N5O. The molecule has 6 heteroatoms. The van der Waals surface area contributed by atoms with Gasteiger partial charge in [0, 0.05) is 49.9 Å². The van der Waals surface area contributed by atoms with Crippen molar-refractivity contribution < 1.29 is 4.79 Å². The maximum absolute atomic E-state index is 13.5. The van der Waals surface area contributed by atoms with Gasteiger partial charge in [-0.15, -0.1) is 0 Å². The molecule has 6 nitrogen and oxygen atoms in total. The van der Waals surface area contributed by atoms with Crippen LogP contribution in [0, 0.1) is 0 Å². The van der Waals surface area contributed by atoms with Gasteiger partial charge in [0.25, 0.3) is 5.91 Å². The molecule has 0 saturated carbocycles. The van der Waals surface area contributed by atoms with E-state index in [0.717, 1.165) is 94.9 Å². The average molecular weight is 762 g/mol. The lowest BCUT2D eigenvalue weighted by atomic mass is 10.0. The van der Waals surface area contributed by atoms with Gasteiger partial charge in [0.2, 0.25) is 0 Å². The number of nitrogens with one attached hydrogen (secondary N) is 3. The van der Waals surface area contributed by atoms with Crippen molar-refractivity contribution in [2.24, 2.45) is 0 Å². The number of hydrogen-bond acceptors (Lipinski definition) is 3. The van der Waals surface area contributed by atoms with Crippen molar-refractivity contribution in [1.29, 1.82) is 0 Å². The minimum atomic E-state index is -0.133. The highest BCUT2D eigenvalue weighted by Crippen LogP contribution is 2.38. The van der Waals surface area contributed by atoms with E-state index < -0.39 is 0 Å². The monoisotopic (exact) mass is 761 g/mol. The Morgan fingerprint density at radius 3 is 1.10 bits per heavy atom. The predicted octanol–water partition coefficient (Wildman–Crippen LogP) is 12.8. The maximum Gasteiger partial charge on any atom is 0.251 e. The summed E-state index contributed by atoms with van der Waals surface area (Å²) in [4.78, 5) is 31.9. The Bertz CT molecular complexity index is 3040. The molecule has 5 heterocycles. The molecule has 3 N–H and O–H groups in total. The van der Waals surface area contributed by atoms with Gasteiger partial charge in [-0.1, -0.05) is 133 Å². The molecule has 0 fully saturated rings. The van der Waals surface area contributed by atoms with Gasteiger partial charge in [-0.3, -0.25) is 4.79 Å². The SMILES string of the molecule is C[C@@H](NC(=O)c1ccc(-c2c3nc(c(-c4ccccc4)c4ccc([nH]4)c(-c4ccccc4)c4nc(c(-c5ccccc5)c5ccc2[nH]5)C=C4)C=C3)cc1)c1ccccc1. The van der Waals surface area contributed by atoms with Gasteiger partial charge in [-0.25, -0.2) is 9.97 Å². The standard InChI is InChI=1S/C53H39N5O/c1-34(35-14-6-2-7-15-35)54-53(59)40-24-22-39(23-25-40)52-47-32-30-45(57-47)50(37-18-10-4-11-19-37)43-28-26-41(55-43)49(36-16-8-3-9-17-36)42-27-29-44(56-42)51(38-20-12-5-13-21-38)46-31-33-48(52)58-46/h2-34,55,58H,1H3,(H,54,59)/t34-/m1/s1. The fourth-order valence-electron chi connectivity index (χ4n) is 8.13. The largest absolute Gasteiger partial charge is 0.354 e. The van der Waals surface area contributed by atoms with E-state index in [1.165, 1.54) is 0 Å². The van der Waals surface area contributed by atoms with E-state index in [0.29, 0.717) is 5.56 Å². The number of nitrogens with zero attached hydrogens (tertiary/aromatic N) is 2. The summed E-state index contributed by atoms with van der Waals surface area (Å²) in [7, 11) is 0. The van der Waals surface area contributed by atoms with Crippen molar-refractivity contribution in [2.45, 2.75) is 13.0 Å². The van der Waals surface area contributed by atoms with Gasteiger partial charge in [0.1, 0.15) is 0 Å². The van der Waals surface area contributed by atoms with E-state index in [2.05, 4.69) is 137 Å². The van der Waals surface area contributed by atoms with Crippen molar-refractivity contribution in [3.63, 3.8) is 0 Å². The van der Waals surface area contributed by atoms with Crippen LogP contribution in [0.5, 0.6) is 0 Å². The van der Waals surface area contributed by atoms with Crippen molar-refractivity contribution >= 4 is 52.3 Å². The van der Waals surface area contributed by atoms with Crippen LogP contribution in [0.4, 0.5) is 0 Å². The fourth-order valence-corrected chi connectivity index (χ4v) is 8.13. The van der Waals surface area contributed by atoms with Crippen molar-refractivity contribution in [3.05, 3.63) is 204 Å². The van der Waals surface area contributed by atoms with Gasteiger partial charge in [-0.05, 0) is 95.4 Å². The van der Waals surface area contributed by atoms with E-state index in [1.807, 2.05) is 79.7 Å². The summed E-state index contributed by atoms with van der Waals surface area (Å²) in [5.74, 6) is -0.129. The maximum atomic E-state index is 13.5. The first-order chi connectivity index (χ1) is 29.1. The molecule has 3 aromatic heterocycles. The summed E-state index contributed by atoms with van der Waals surface area (Å²) >= 11 is 0. The van der Waals surface area contributed by atoms with E-state index in [9.17, 15) is 4.79 Å². The summed E-state index contributed by atoms with van der Waals surface area (Å²) < 4.78 is 0. The lowest BCUT2D eigenvalue weighted by Crippen LogP contribution is -2.26. The zero-order valence-corrected chi connectivity index (χ0v) is 32.4. The van der Waals surface area contributed by atoms with Crippen LogP contribution in [-0.2, 0) is 0 Å². The summed E-state index contributed by atoms with van der Waals surface area (Å²) in [5, 5.41) is 3.15. The van der Waals surface area contributed by atoms with Crippen LogP contribution in [0.25, 0.3) is 90.9 Å². The molecule has 0 saturated heterocycles. The summed E-state index contributed by atoms with van der Waals surface area (Å²) in [5.41, 5.74) is 16.8. The second kappa shape index (κ2) is 15.3. The van der Waals surface area contributed by atoms with Crippen LogP contribution in [0.3, 0.4) is 0 Å². The Kier molecular flexibility index (Phi) is 9.20. The molecule has 2 aliphatic heterocycles. The Hall–Kier alpha value is -7.83. The number of rotatable bonds is 7. The number of carbonyl (C=O) groups is 1. The number of amides is 1. The predicted molar refractivity (Wildman–Crippen MR) is 243 cm³/mol. The third-order valence-electron chi connectivity index (χ3n) is 11.0. The first-order valence-electron chi connectivity index (χ1n) is 19.9. The molecule has 0 unspecified atom stereocenters. The van der Waals surface area contributed by atoms with Gasteiger partial charge < -0.3 is 15.3 Å². The molecule has 10 rings (SSSR count). The third-order valence-corrected chi connectivity index (χ3v) is 11.0. The van der Waals surface area contributed by atoms with E-state index in [-0.39, 0.29) is 11.9 Å². The number of benzene rings is 5. The van der Waals surface area contributed by atoms with Gasteiger partial charge in [0.05, 0.1) is 28.8 Å². The number of H-pyrrole nitrogens is 2. The summed E-state index contributed by atoms with van der Waals surface area (Å²) in [6.07, 6.45) is 8.42. The Morgan fingerprint density at radius 1 is 0.424 bits per heavy atom. The molecule has 282 valence electrons. The molecule has 5 aromatic carbocycles. The molecule has 0 aliphatic carbocycles.